The molecule has 0 spiro atoms. The van der Waals surface area contributed by atoms with Crippen LogP contribution in [0, 0.1) is 0 Å². The number of carbonyl (C=O) groups excluding carboxylic acids is 1. The van der Waals surface area contributed by atoms with E-state index in [2.05, 4.69) is 5.32 Å². The number of benzene rings is 1. The summed E-state index contributed by atoms with van der Waals surface area (Å²) >= 11 is 0. The fourth-order valence-electron chi connectivity index (χ4n) is 2.08. The van der Waals surface area contributed by atoms with Gasteiger partial charge in [0.1, 0.15) is 11.5 Å². The molecule has 1 amide bonds. The van der Waals surface area contributed by atoms with Crippen molar-refractivity contribution in [3.63, 3.8) is 0 Å². The lowest BCUT2D eigenvalue weighted by Crippen LogP contribution is -2.36. The van der Waals surface area contributed by atoms with E-state index < -0.39 is 0 Å². The molecule has 2 rings (SSSR count). The minimum Gasteiger partial charge on any atom is -0.461 e. The van der Waals surface area contributed by atoms with E-state index in [-0.39, 0.29) is 18.6 Å². The van der Waals surface area contributed by atoms with Gasteiger partial charge in [0.05, 0.1) is 12.6 Å². The monoisotopic (exact) mass is 287 g/mol. The predicted molar refractivity (Wildman–Crippen MR) is 81.8 cm³/mol. The number of rotatable bonds is 7. The van der Waals surface area contributed by atoms with Crippen molar-refractivity contribution >= 4 is 5.91 Å². The van der Waals surface area contributed by atoms with E-state index in [0.717, 1.165) is 23.5 Å². The van der Waals surface area contributed by atoms with E-state index in [1.54, 1.807) is 0 Å². The van der Waals surface area contributed by atoms with Crippen LogP contribution < -0.4 is 5.32 Å². The summed E-state index contributed by atoms with van der Waals surface area (Å²) in [5.41, 5.74) is 1.03. The molecule has 4 nitrogen and oxygen atoms in total. The van der Waals surface area contributed by atoms with Crippen molar-refractivity contribution in [1.82, 2.24) is 5.32 Å². The Morgan fingerprint density at radius 1 is 1.24 bits per heavy atom. The number of hydrogen-bond donors (Lipinski definition) is 2. The zero-order valence-electron chi connectivity index (χ0n) is 12.2. The molecule has 0 aliphatic rings. The third-order valence-electron chi connectivity index (χ3n) is 3.40. The molecule has 1 heterocycles. The van der Waals surface area contributed by atoms with Gasteiger partial charge < -0.3 is 14.8 Å². The number of aryl methyl sites for hydroxylation is 1. The van der Waals surface area contributed by atoms with E-state index in [0.29, 0.717) is 12.8 Å². The number of aliphatic hydroxyl groups excluding tert-OH is 1. The van der Waals surface area contributed by atoms with Crippen LogP contribution in [0.25, 0.3) is 11.3 Å². The van der Waals surface area contributed by atoms with Crippen LogP contribution in [0.4, 0.5) is 0 Å². The van der Waals surface area contributed by atoms with Crippen LogP contribution in [-0.4, -0.2) is 23.7 Å². The van der Waals surface area contributed by atoms with Gasteiger partial charge in [0.15, 0.2) is 0 Å². The lowest BCUT2D eigenvalue weighted by Gasteiger charge is -2.13. The van der Waals surface area contributed by atoms with Crippen LogP contribution in [0.1, 0.15) is 25.5 Å². The first-order chi connectivity index (χ1) is 10.2. The minimum absolute atomic E-state index is 0.0266. The third-order valence-corrected chi connectivity index (χ3v) is 3.40. The molecule has 4 heteroatoms. The first-order valence-electron chi connectivity index (χ1n) is 7.27. The summed E-state index contributed by atoms with van der Waals surface area (Å²) in [5, 5.41) is 11.9. The zero-order chi connectivity index (χ0) is 15.1. The van der Waals surface area contributed by atoms with Gasteiger partial charge in [-0.05, 0) is 18.6 Å². The van der Waals surface area contributed by atoms with Gasteiger partial charge in [-0.1, -0.05) is 37.3 Å². The van der Waals surface area contributed by atoms with E-state index in [9.17, 15) is 4.79 Å². The predicted octanol–water partition coefficient (Wildman–Crippen LogP) is 2.77. The highest BCUT2D eigenvalue weighted by molar-refractivity contribution is 5.76. The second-order valence-corrected chi connectivity index (χ2v) is 4.99. The second kappa shape index (κ2) is 7.64. The van der Waals surface area contributed by atoms with Gasteiger partial charge >= 0.3 is 0 Å². The van der Waals surface area contributed by atoms with Gasteiger partial charge in [-0.2, -0.15) is 0 Å². The summed E-state index contributed by atoms with van der Waals surface area (Å²) in [4.78, 5) is 11.8. The number of carbonyl (C=O) groups is 1. The van der Waals surface area contributed by atoms with Crippen LogP contribution in [-0.2, 0) is 11.2 Å². The van der Waals surface area contributed by atoms with Crippen LogP contribution in [0.2, 0.25) is 0 Å². The van der Waals surface area contributed by atoms with E-state index in [1.165, 1.54) is 0 Å². The maximum Gasteiger partial charge on any atom is 0.220 e. The van der Waals surface area contributed by atoms with Crippen LogP contribution in [0.15, 0.2) is 46.9 Å². The maximum absolute atomic E-state index is 11.8. The smallest absolute Gasteiger partial charge is 0.220 e. The molecule has 2 N–H and O–H groups in total. The normalized spacial score (nSPS) is 12.1. The molecular formula is C17H21NO3. The summed E-state index contributed by atoms with van der Waals surface area (Å²) in [6.07, 6.45) is 1.64. The first-order valence-corrected chi connectivity index (χ1v) is 7.27. The molecule has 21 heavy (non-hydrogen) atoms. The Bertz CT molecular complexity index is 558. The molecule has 1 aromatic carbocycles. The molecule has 112 valence electrons. The quantitative estimate of drug-likeness (QED) is 0.823. The van der Waals surface area contributed by atoms with Gasteiger partial charge in [0.25, 0.3) is 0 Å². The fraction of sp³-hybridized carbons (Fsp3) is 0.353. The number of hydrogen-bond acceptors (Lipinski definition) is 3. The molecule has 0 saturated heterocycles. The van der Waals surface area contributed by atoms with Crippen molar-refractivity contribution in [2.45, 2.75) is 32.2 Å². The van der Waals surface area contributed by atoms with Crippen molar-refractivity contribution in [3.8, 4) is 11.3 Å². The summed E-state index contributed by atoms with van der Waals surface area (Å²) in [6, 6.07) is 13.5. The highest BCUT2D eigenvalue weighted by Gasteiger charge is 2.11. The Morgan fingerprint density at radius 2 is 2.00 bits per heavy atom. The van der Waals surface area contributed by atoms with Crippen molar-refractivity contribution in [2.24, 2.45) is 0 Å². The SMILES string of the molecule is CCC(CO)NC(=O)CCc1ccc(-c2ccccc2)o1. The summed E-state index contributed by atoms with van der Waals surface area (Å²) < 4.78 is 5.75. The standard InChI is InChI=1S/C17H21NO3/c1-2-14(12-19)18-17(20)11-9-15-8-10-16(21-15)13-6-4-3-5-7-13/h3-8,10,14,19H,2,9,11-12H2,1H3,(H,18,20). The van der Waals surface area contributed by atoms with Crippen LogP contribution >= 0.6 is 0 Å². The highest BCUT2D eigenvalue weighted by Crippen LogP contribution is 2.22. The average molecular weight is 287 g/mol. The van der Waals surface area contributed by atoms with Gasteiger partial charge in [-0.25, -0.2) is 0 Å². The van der Waals surface area contributed by atoms with Gasteiger partial charge in [0, 0.05) is 18.4 Å². The number of aliphatic hydroxyl groups is 1. The molecule has 0 aliphatic carbocycles. The largest absolute Gasteiger partial charge is 0.461 e. The Hall–Kier alpha value is -2.07. The summed E-state index contributed by atoms with van der Waals surface area (Å²) in [7, 11) is 0. The lowest BCUT2D eigenvalue weighted by atomic mass is 10.2. The number of furan rings is 1. The van der Waals surface area contributed by atoms with Crippen LogP contribution in [0.3, 0.4) is 0 Å². The molecular weight excluding hydrogens is 266 g/mol. The first kappa shape index (κ1) is 15.3. The molecule has 0 radical (unpaired) electrons. The zero-order valence-corrected chi connectivity index (χ0v) is 12.2. The number of amides is 1. The van der Waals surface area contributed by atoms with Crippen molar-refractivity contribution in [2.75, 3.05) is 6.61 Å². The summed E-state index contributed by atoms with van der Waals surface area (Å²) in [5.74, 6) is 1.54. The molecule has 0 bridgehead atoms. The summed E-state index contributed by atoms with van der Waals surface area (Å²) in [6.45, 7) is 1.90. The van der Waals surface area contributed by atoms with Gasteiger partial charge in [0.2, 0.25) is 5.91 Å². The molecule has 2 aromatic rings. The van der Waals surface area contributed by atoms with Gasteiger partial charge in [-0.3, -0.25) is 4.79 Å². The van der Waals surface area contributed by atoms with Crippen molar-refractivity contribution < 1.29 is 14.3 Å². The maximum atomic E-state index is 11.8. The molecule has 1 atom stereocenters. The molecule has 0 saturated carbocycles. The Kier molecular flexibility index (Phi) is 5.58. The van der Waals surface area contributed by atoms with Crippen molar-refractivity contribution in [3.05, 3.63) is 48.2 Å². The second-order valence-electron chi connectivity index (χ2n) is 4.99. The Balaban J connectivity index is 1.87. The highest BCUT2D eigenvalue weighted by atomic mass is 16.3. The molecule has 1 aromatic heterocycles. The van der Waals surface area contributed by atoms with E-state index in [1.807, 2.05) is 49.4 Å². The van der Waals surface area contributed by atoms with Crippen LogP contribution in [0.5, 0.6) is 0 Å². The lowest BCUT2D eigenvalue weighted by molar-refractivity contribution is -0.122. The molecule has 1 unspecified atom stereocenters. The Labute approximate surface area is 124 Å². The topological polar surface area (TPSA) is 62.5 Å². The van der Waals surface area contributed by atoms with E-state index in [4.69, 9.17) is 9.52 Å². The van der Waals surface area contributed by atoms with E-state index >= 15 is 0 Å². The fourth-order valence-corrected chi connectivity index (χ4v) is 2.08. The average Bonchev–Trinajstić information content (AvgIpc) is 3.00. The van der Waals surface area contributed by atoms with Gasteiger partial charge in [-0.15, -0.1) is 0 Å². The Morgan fingerprint density at radius 3 is 2.67 bits per heavy atom. The molecule has 0 aliphatic heterocycles. The third kappa shape index (κ3) is 4.46. The molecule has 0 fully saturated rings. The number of nitrogens with one attached hydrogen (secondary N) is 1. The minimum atomic E-state index is -0.158. The van der Waals surface area contributed by atoms with Crippen molar-refractivity contribution in [1.29, 1.82) is 0 Å².